The van der Waals surface area contributed by atoms with Crippen LogP contribution in [-0.4, -0.2) is 47.9 Å². The molecule has 0 spiro atoms. The molecule has 192 valence electrons. The molecule has 3 heterocycles. The van der Waals surface area contributed by atoms with Crippen molar-refractivity contribution in [2.24, 2.45) is 5.92 Å². The molecule has 1 amide bonds. The lowest BCUT2D eigenvalue weighted by molar-refractivity contribution is 0.0985. The minimum atomic E-state index is -3.59. The number of carbonyl (C=O) groups is 1. The van der Waals surface area contributed by atoms with Gasteiger partial charge in [0.1, 0.15) is 0 Å². The first-order valence-electron chi connectivity index (χ1n) is 12.1. The number of anilines is 1. The molecule has 1 aliphatic rings. The molecule has 7 nitrogen and oxygen atoms in total. The Balaban J connectivity index is 1.46. The number of piperidine rings is 1. The van der Waals surface area contributed by atoms with Gasteiger partial charge in [0, 0.05) is 35.9 Å². The number of benzene rings is 2. The fourth-order valence-corrected chi connectivity index (χ4v) is 7.48. The van der Waals surface area contributed by atoms with E-state index in [1.165, 1.54) is 23.5 Å². The maximum atomic E-state index is 13.8. The van der Waals surface area contributed by atoms with Crippen molar-refractivity contribution in [3.63, 3.8) is 0 Å². The number of aromatic nitrogens is 2. The van der Waals surface area contributed by atoms with Crippen LogP contribution in [0.2, 0.25) is 0 Å². The van der Waals surface area contributed by atoms with Crippen LogP contribution in [0.5, 0.6) is 0 Å². The average molecular weight is 553 g/mol. The number of thioether (sulfide) groups is 1. The number of carbonyl (C=O) groups excluding carboxylic acids is 1. The predicted octanol–water partition coefficient (Wildman–Crippen LogP) is 5.68. The molecule has 10 heteroatoms. The van der Waals surface area contributed by atoms with Crippen LogP contribution in [0.1, 0.15) is 35.7 Å². The van der Waals surface area contributed by atoms with E-state index in [0.717, 1.165) is 33.5 Å². The average Bonchev–Trinajstić information content (AvgIpc) is 3.36. The van der Waals surface area contributed by atoms with Crippen molar-refractivity contribution in [2.75, 3.05) is 24.2 Å². The van der Waals surface area contributed by atoms with Crippen molar-refractivity contribution in [3.05, 3.63) is 78.1 Å². The summed E-state index contributed by atoms with van der Waals surface area (Å²) in [6.45, 7) is 3.50. The van der Waals surface area contributed by atoms with E-state index in [2.05, 4.69) is 11.9 Å². The zero-order valence-electron chi connectivity index (χ0n) is 20.7. The first-order valence-corrected chi connectivity index (χ1v) is 15.6. The van der Waals surface area contributed by atoms with Crippen molar-refractivity contribution in [1.29, 1.82) is 0 Å². The lowest BCUT2D eigenvalue weighted by atomic mass is 10.0. The van der Waals surface area contributed by atoms with E-state index in [9.17, 15) is 13.2 Å². The molecule has 0 unspecified atom stereocenters. The lowest BCUT2D eigenvalue weighted by Crippen LogP contribution is -2.37. The first kappa shape index (κ1) is 25.8. The Morgan fingerprint density at radius 3 is 2.54 bits per heavy atom. The molecule has 0 bridgehead atoms. The molecule has 0 N–H and O–H groups in total. The van der Waals surface area contributed by atoms with Gasteiger partial charge in [-0.1, -0.05) is 30.4 Å². The van der Waals surface area contributed by atoms with Crippen molar-refractivity contribution in [2.45, 2.75) is 36.1 Å². The molecule has 2 aromatic carbocycles. The molecule has 4 aromatic rings. The molecule has 1 fully saturated rings. The normalized spacial score (nSPS) is 15.2. The summed E-state index contributed by atoms with van der Waals surface area (Å²) in [5, 5.41) is 0.587. The van der Waals surface area contributed by atoms with Crippen molar-refractivity contribution >= 4 is 54.4 Å². The van der Waals surface area contributed by atoms with E-state index in [1.54, 1.807) is 45.5 Å². The van der Waals surface area contributed by atoms with Crippen LogP contribution in [0.3, 0.4) is 0 Å². The van der Waals surface area contributed by atoms with Crippen LogP contribution in [0.25, 0.3) is 10.2 Å². The van der Waals surface area contributed by atoms with Gasteiger partial charge in [-0.3, -0.25) is 14.7 Å². The number of pyridine rings is 1. The number of fused-ring (bicyclic) bond motifs is 1. The maximum Gasteiger partial charge on any atom is 0.260 e. The Morgan fingerprint density at radius 2 is 1.86 bits per heavy atom. The number of nitrogens with zero attached hydrogens (tertiary/aromatic N) is 4. The van der Waals surface area contributed by atoms with Gasteiger partial charge in [0.25, 0.3) is 5.91 Å². The van der Waals surface area contributed by atoms with E-state index < -0.39 is 10.0 Å². The number of amides is 1. The second-order valence-electron chi connectivity index (χ2n) is 9.17. The van der Waals surface area contributed by atoms with Crippen LogP contribution in [-0.2, 0) is 16.6 Å². The third-order valence-corrected chi connectivity index (χ3v) is 10.3. The second kappa shape index (κ2) is 10.9. The summed E-state index contributed by atoms with van der Waals surface area (Å²) in [6, 6.07) is 16.0. The summed E-state index contributed by atoms with van der Waals surface area (Å²) >= 11 is 3.08. The highest BCUT2D eigenvalue weighted by molar-refractivity contribution is 7.98. The summed E-state index contributed by atoms with van der Waals surface area (Å²) < 4.78 is 28.8. The zero-order chi connectivity index (χ0) is 26.0. The van der Waals surface area contributed by atoms with E-state index in [-0.39, 0.29) is 10.8 Å². The summed E-state index contributed by atoms with van der Waals surface area (Å²) in [4.78, 5) is 25.7. The van der Waals surface area contributed by atoms with Crippen molar-refractivity contribution < 1.29 is 13.2 Å². The Labute approximate surface area is 225 Å². The predicted molar refractivity (Wildman–Crippen MR) is 150 cm³/mol. The van der Waals surface area contributed by atoms with E-state index in [4.69, 9.17) is 4.98 Å². The van der Waals surface area contributed by atoms with E-state index >= 15 is 0 Å². The number of para-hydroxylation sites is 1. The van der Waals surface area contributed by atoms with Crippen molar-refractivity contribution in [3.8, 4) is 0 Å². The topological polar surface area (TPSA) is 83.5 Å². The highest BCUT2D eigenvalue weighted by Crippen LogP contribution is 2.35. The third kappa shape index (κ3) is 5.43. The smallest absolute Gasteiger partial charge is 0.260 e. The van der Waals surface area contributed by atoms with Gasteiger partial charge in [-0.05, 0) is 73.0 Å². The van der Waals surface area contributed by atoms with Crippen LogP contribution < -0.4 is 4.90 Å². The Kier molecular flexibility index (Phi) is 7.62. The zero-order valence-corrected chi connectivity index (χ0v) is 23.2. The highest BCUT2D eigenvalue weighted by Gasteiger charge is 2.29. The molecular weight excluding hydrogens is 525 g/mol. The van der Waals surface area contributed by atoms with Crippen molar-refractivity contribution in [1.82, 2.24) is 14.3 Å². The lowest BCUT2D eigenvalue weighted by Gasteiger charge is -2.29. The van der Waals surface area contributed by atoms with Gasteiger partial charge in [-0.25, -0.2) is 13.4 Å². The molecule has 0 atom stereocenters. The van der Waals surface area contributed by atoms with Gasteiger partial charge in [0.2, 0.25) is 10.0 Å². The van der Waals surface area contributed by atoms with Crippen LogP contribution in [0.4, 0.5) is 5.13 Å². The summed E-state index contributed by atoms with van der Waals surface area (Å²) in [7, 11) is -3.59. The van der Waals surface area contributed by atoms with Gasteiger partial charge in [0.05, 0.1) is 21.7 Å². The molecule has 1 aliphatic heterocycles. The highest BCUT2D eigenvalue weighted by atomic mass is 32.2. The minimum Gasteiger partial charge on any atom is -0.279 e. The fourth-order valence-electron chi connectivity index (χ4n) is 4.39. The number of thiazole rings is 1. The Morgan fingerprint density at radius 1 is 1.11 bits per heavy atom. The largest absolute Gasteiger partial charge is 0.279 e. The first-order chi connectivity index (χ1) is 17.9. The molecule has 0 radical (unpaired) electrons. The number of hydrogen-bond acceptors (Lipinski definition) is 7. The molecule has 5 rings (SSSR count). The summed E-state index contributed by atoms with van der Waals surface area (Å²) in [5.74, 6) is 0.288. The monoisotopic (exact) mass is 552 g/mol. The minimum absolute atomic E-state index is 0.210. The van der Waals surface area contributed by atoms with E-state index in [0.29, 0.717) is 36.2 Å². The fraction of sp³-hybridized carbons (Fsp3) is 0.296. The third-order valence-electron chi connectivity index (χ3n) is 6.61. The van der Waals surface area contributed by atoms with Crippen LogP contribution in [0, 0.1) is 5.92 Å². The van der Waals surface area contributed by atoms with Gasteiger partial charge in [-0.2, -0.15) is 4.31 Å². The molecule has 37 heavy (non-hydrogen) atoms. The van der Waals surface area contributed by atoms with Crippen LogP contribution in [0.15, 0.2) is 76.8 Å². The number of rotatable bonds is 7. The maximum absolute atomic E-state index is 13.8. The molecule has 1 saturated heterocycles. The Hall–Kier alpha value is -2.79. The van der Waals surface area contributed by atoms with Gasteiger partial charge >= 0.3 is 0 Å². The SMILES string of the molecule is CSc1cccc2sc(N(Cc3cccnc3)C(=O)c3ccc(S(=O)(=O)N4CCC(C)CC4)cc3)nc12. The summed E-state index contributed by atoms with van der Waals surface area (Å²) in [6.07, 6.45) is 7.15. The standard InChI is InChI=1S/C27H28N4O3S3/c1-19-12-15-30(16-13-19)37(33,34)22-10-8-21(9-11-22)26(32)31(18-20-5-4-14-28-17-20)27-29-25-23(35-2)6-3-7-24(25)36-27/h3-11,14,17,19H,12-13,15-16,18H2,1-2H3. The number of hydrogen-bond donors (Lipinski definition) is 0. The molecular formula is C27H28N4O3S3. The van der Waals surface area contributed by atoms with Gasteiger partial charge in [0.15, 0.2) is 5.13 Å². The molecule has 2 aromatic heterocycles. The quantitative estimate of drug-likeness (QED) is 0.274. The number of sulfonamides is 1. The summed E-state index contributed by atoms with van der Waals surface area (Å²) in [5.41, 5.74) is 2.15. The van der Waals surface area contributed by atoms with Gasteiger partial charge in [-0.15, -0.1) is 11.8 Å². The molecule has 0 saturated carbocycles. The van der Waals surface area contributed by atoms with Crippen LogP contribution >= 0.6 is 23.1 Å². The molecule has 0 aliphatic carbocycles. The van der Waals surface area contributed by atoms with E-state index in [1.807, 2.05) is 36.6 Å². The second-order valence-corrected chi connectivity index (χ2v) is 13.0. The Bertz CT molecular complexity index is 1500. The van der Waals surface area contributed by atoms with Gasteiger partial charge < -0.3 is 0 Å².